The van der Waals surface area contributed by atoms with E-state index in [4.69, 9.17) is 0 Å². The zero-order chi connectivity index (χ0) is 21.1. The standard InChI is InChI=1S/C22H24N6O2/c1-16-6-5-8-19(14-16)28-17(2)21(24-25-28)22(30)27-12-10-26(11-13-27)20(29)15-18-7-3-4-9-23-18/h3-9,14H,10-13,15H2,1-2H3. The summed E-state index contributed by atoms with van der Waals surface area (Å²) in [4.78, 5) is 33.2. The summed E-state index contributed by atoms with van der Waals surface area (Å²) in [6, 6.07) is 13.5. The van der Waals surface area contributed by atoms with Crippen molar-refractivity contribution in [3.63, 3.8) is 0 Å². The molecule has 1 saturated heterocycles. The molecule has 8 heteroatoms. The quantitative estimate of drug-likeness (QED) is 0.662. The van der Waals surface area contributed by atoms with Crippen LogP contribution in [0.5, 0.6) is 0 Å². The molecule has 1 aliphatic heterocycles. The number of aryl methyl sites for hydroxylation is 1. The van der Waals surface area contributed by atoms with Gasteiger partial charge in [-0.2, -0.15) is 0 Å². The number of nitrogens with zero attached hydrogens (tertiary/aromatic N) is 6. The monoisotopic (exact) mass is 404 g/mol. The highest BCUT2D eigenvalue weighted by molar-refractivity contribution is 5.93. The smallest absolute Gasteiger partial charge is 0.276 e. The fraction of sp³-hybridized carbons (Fsp3) is 0.318. The highest BCUT2D eigenvalue weighted by Gasteiger charge is 2.28. The second-order valence-electron chi connectivity index (χ2n) is 7.45. The van der Waals surface area contributed by atoms with Crippen molar-refractivity contribution in [2.24, 2.45) is 0 Å². The molecule has 1 fully saturated rings. The fourth-order valence-electron chi connectivity index (χ4n) is 3.61. The summed E-state index contributed by atoms with van der Waals surface area (Å²) < 4.78 is 1.69. The Hall–Kier alpha value is -3.55. The molecule has 0 atom stereocenters. The Morgan fingerprint density at radius 1 is 0.967 bits per heavy atom. The van der Waals surface area contributed by atoms with Crippen molar-refractivity contribution in [3.05, 3.63) is 71.3 Å². The van der Waals surface area contributed by atoms with Crippen LogP contribution < -0.4 is 0 Å². The summed E-state index contributed by atoms with van der Waals surface area (Å²) in [5.41, 5.74) is 3.80. The summed E-state index contributed by atoms with van der Waals surface area (Å²) in [7, 11) is 0. The summed E-state index contributed by atoms with van der Waals surface area (Å²) in [6.45, 7) is 5.82. The van der Waals surface area contributed by atoms with Crippen molar-refractivity contribution >= 4 is 11.8 Å². The van der Waals surface area contributed by atoms with Crippen molar-refractivity contribution < 1.29 is 9.59 Å². The summed E-state index contributed by atoms with van der Waals surface area (Å²) in [5, 5.41) is 8.32. The molecular weight excluding hydrogens is 380 g/mol. The minimum atomic E-state index is -0.150. The minimum Gasteiger partial charge on any atom is -0.339 e. The van der Waals surface area contributed by atoms with Crippen LogP contribution in [0.2, 0.25) is 0 Å². The van der Waals surface area contributed by atoms with E-state index in [0.29, 0.717) is 37.6 Å². The zero-order valence-corrected chi connectivity index (χ0v) is 17.2. The second-order valence-corrected chi connectivity index (χ2v) is 7.45. The molecule has 154 valence electrons. The van der Waals surface area contributed by atoms with Crippen LogP contribution in [-0.4, -0.2) is 67.8 Å². The number of carbonyl (C=O) groups is 2. The van der Waals surface area contributed by atoms with E-state index in [2.05, 4.69) is 15.3 Å². The molecule has 30 heavy (non-hydrogen) atoms. The number of amides is 2. The molecular formula is C22H24N6O2. The number of pyridine rings is 1. The molecule has 0 aliphatic carbocycles. The third-order valence-electron chi connectivity index (χ3n) is 5.32. The molecule has 0 radical (unpaired) electrons. The van der Waals surface area contributed by atoms with Crippen LogP contribution >= 0.6 is 0 Å². The van der Waals surface area contributed by atoms with Crippen LogP contribution in [0, 0.1) is 13.8 Å². The number of benzene rings is 1. The summed E-state index contributed by atoms with van der Waals surface area (Å²) >= 11 is 0. The Morgan fingerprint density at radius 2 is 1.73 bits per heavy atom. The van der Waals surface area contributed by atoms with Gasteiger partial charge in [-0.1, -0.05) is 23.4 Å². The Kier molecular flexibility index (Phi) is 5.56. The van der Waals surface area contributed by atoms with Gasteiger partial charge in [-0.15, -0.1) is 5.10 Å². The number of hydrogen-bond acceptors (Lipinski definition) is 5. The number of piperazine rings is 1. The molecule has 1 aliphatic rings. The van der Waals surface area contributed by atoms with Gasteiger partial charge in [0, 0.05) is 38.1 Å². The predicted octanol–water partition coefficient (Wildman–Crippen LogP) is 1.81. The van der Waals surface area contributed by atoms with Crippen LogP contribution in [0.25, 0.3) is 5.69 Å². The van der Waals surface area contributed by atoms with Crippen molar-refractivity contribution in [1.82, 2.24) is 29.8 Å². The van der Waals surface area contributed by atoms with Crippen LogP contribution in [-0.2, 0) is 11.2 Å². The third kappa shape index (κ3) is 4.07. The van der Waals surface area contributed by atoms with Gasteiger partial charge in [-0.25, -0.2) is 4.68 Å². The zero-order valence-electron chi connectivity index (χ0n) is 17.2. The van der Waals surface area contributed by atoms with E-state index in [1.807, 2.05) is 56.3 Å². The lowest BCUT2D eigenvalue weighted by Gasteiger charge is -2.34. The van der Waals surface area contributed by atoms with E-state index < -0.39 is 0 Å². The van der Waals surface area contributed by atoms with Crippen LogP contribution in [0.15, 0.2) is 48.7 Å². The molecule has 1 aromatic carbocycles. The Morgan fingerprint density at radius 3 is 2.43 bits per heavy atom. The molecule has 8 nitrogen and oxygen atoms in total. The molecule has 4 rings (SSSR count). The molecule has 0 N–H and O–H groups in total. The van der Waals surface area contributed by atoms with Gasteiger partial charge in [0.1, 0.15) is 0 Å². The molecule has 0 unspecified atom stereocenters. The van der Waals surface area contributed by atoms with Crippen molar-refractivity contribution in [2.45, 2.75) is 20.3 Å². The molecule has 2 aromatic heterocycles. The van der Waals surface area contributed by atoms with E-state index in [1.165, 1.54) is 0 Å². The maximum Gasteiger partial charge on any atom is 0.276 e. The molecule has 0 spiro atoms. The Bertz CT molecular complexity index is 1050. The molecule has 3 heterocycles. The van der Waals surface area contributed by atoms with Gasteiger partial charge < -0.3 is 9.80 Å². The lowest BCUT2D eigenvalue weighted by molar-refractivity contribution is -0.132. The first-order valence-electron chi connectivity index (χ1n) is 9.99. The number of hydrogen-bond donors (Lipinski definition) is 0. The average molecular weight is 404 g/mol. The van der Waals surface area contributed by atoms with Gasteiger partial charge >= 0.3 is 0 Å². The number of carbonyl (C=O) groups excluding carboxylic acids is 2. The van der Waals surface area contributed by atoms with Crippen molar-refractivity contribution in [1.29, 1.82) is 0 Å². The highest BCUT2D eigenvalue weighted by atomic mass is 16.2. The van der Waals surface area contributed by atoms with Gasteiger partial charge in [-0.05, 0) is 43.7 Å². The van der Waals surface area contributed by atoms with Crippen LogP contribution in [0.4, 0.5) is 0 Å². The normalized spacial score (nSPS) is 14.1. The maximum absolute atomic E-state index is 13.0. The number of rotatable bonds is 4. The summed E-state index contributed by atoms with van der Waals surface area (Å²) in [6.07, 6.45) is 1.96. The first kappa shape index (κ1) is 19.8. The topological polar surface area (TPSA) is 84.2 Å². The average Bonchev–Trinajstić information content (AvgIpc) is 3.15. The fourth-order valence-corrected chi connectivity index (χ4v) is 3.61. The van der Waals surface area contributed by atoms with Gasteiger partial charge in [-0.3, -0.25) is 14.6 Å². The Balaban J connectivity index is 1.39. The summed E-state index contributed by atoms with van der Waals surface area (Å²) in [5.74, 6) is -0.120. The molecule has 2 amide bonds. The van der Waals surface area contributed by atoms with Gasteiger partial charge in [0.25, 0.3) is 5.91 Å². The molecule has 0 bridgehead atoms. The van der Waals surface area contributed by atoms with E-state index in [9.17, 15) is 9.59 Å². The van der Waals surface area contributed by atoms with Gasteiger partial charge in [0.2, 0.25) is 5.91 Å². The lowest BCUT2D eigenvalue weighted by atomic mass is 10.2. The molecule has 0 saturated carbocycles. The van der Waals surface area contributed by atoms with Crippen LogP contribution in [0.1, 0.15) is 27.4 Å². The third-order valence-corrected chi connectivity index (χ3v) is 5.32. The lowest BCUT2D eigenvalue weighted by Crippen LogP contribution is -2.51. The number of aromatic nitrogens is 4. The van der Waals surface area contributed by atoms with Crippen molar-refractivity contribution in [2.75, 3.05) is 26.2 Å². The SMILES string of the molecule is Cc1cccc(-n2nnc(C(=O)N3CCN(C(=O)Cc4ccccn4)CC3)c2C)c1. The first-order chi connectivity index (χ1) is 14.5. The van der Waals surface area contributed by atoms with Gasteiger partial charge in [0.15, 0.2) is 5.69 Å². The Labute approximate surface area is 175 Å². The maximum atomic E-state index is 13.0. The van der Waals surface area contributed by atoms with E-state index >= 15 is 0 Å². The van der Waals surface area contributed by atoms with E-state index in [0.717, 1.165) is 16.9 Å². The largest absolute Gasteiger partial charge is 0.339 e. The van der Waals surface area contributed by atoms with Crippen LogP contribution in [0.3, 0.4) is 0 Å². The molecule has 3 aromatic rings. The van der Waals surface area contributed by atoms with E-state index in [-0.39, 0.29) is 18.2 Å². The van der Waals surface area contributed by atoms with Gasteiger partial charge in [0.05, 0.1) is 17.8 Å². The highest BCUT2D eigenvalue weighted by Crippen LogP contribution is 2.16. The van der Waals surface area contributed by atoms with E-state index in [1.54, 1.807) is 20.7 Å². The second kappa shape index (κ2) is 8.44. The first-order valence-corrected chi connectivity index (χ1v) is 9.99. The van der Waals surface area contributed by atoms with Crippen molar-refractivity contribution in [3.8, 4) is 5.69 Å². The minimum absolute atomic E-state index is 0.0300. The predicted molar refractivity (Wildman–Crippen MR) is 111 cm³/mol.